The van der Waals surface area contributed by atoms with Crippen molar-refractivity contribution in [3.05, 3.63) is 53.1 Å². The van der Waals surface area contributed by atoms with Crippen LogP contribution in [0.1, 0.15) is 10.4 Å². The van der Waals surface area contributed by atoms with Crippen molar-refractivity contribution >= 4 is 17.5 Å². The number of halogens is 1. The van der Waals surface area contributed by atoms with Gasteiger partial charge >= 0.3 is 0 Å². The highest BCUT2D eigenvalue weighted by Crippen LogP contribution is 2.31. The summed E-state index contributed by atoms with van der Waals surface area (Å²) in [6.45, 7) is 0. The van der Waals surface area contributed by atoms with Gasteiger partial charge in [-0.1, -0.05) is 17.7 Å². The second-order valence-electron chi connectivity index (χ2n) is 3.61. The molecule has 0 aromatic heterocycles. The van der Waals surface area contributed by atoms with Crippen LogP contribution < -0.4 is 10.5 Å². The first-order valence-electron chi connectivity index (χ1n) is 5.12. The smallest absolute Gasteiger partial charge is 0.248 e. The van der Waals surface area contributed by atoms with Crippen LogP contribution in [0, 0.1) is 0 Å². The number of carbonyl (C=O) groups excluding carboxylic acids is 1. The van der Waals surface area contributed by atoms with E-state index in [-0.39, 0.29) is 10.8 Å². The number of amides is 1. The van der Waals surface area contributed by atoms with Gasteiger partial charge in [-0.3, -0.25) is 4.79 Å². The minimum Gasteiger partial charge on any atom is -0.508 e. The third-order valence-electron chi connectivity index (χ3n) is 2.26. The van der Waals surface area contributed by atoms with Crippen LogP contribution in [0.5, 0.6) is 17.2 Å². The Labute approximate surface area is 109 Å². The van der Waals surface area contributed by atoms with Gasteiger partial charge in [0.25, 0.3) is 0 Å². The molecule has 0 unspecified atom stereocenters. The van der Waals surface area contributed by atoms with Gasteiger partial charge in [-0.25, -0.2) is 0 Å². The fourth-order valence-electron chi connectivity index (χ4n) is 1.41. The molecule has 0 atom stereocenters. The predicted molar refractivity (Wildman–Crippen MR) is 68.2 cm³/mol. The Balaban J connectivity index is 2.27. The first kappa shape index (κ1) is 12.3. The number of ether oxygens (including phenoxy) is 1. The molecule has 0 fully saturated rings. The Bertz CT molecular complexity index is 599. The number of hydrogen-bond acceptors (Lipinski definition) is 3. The molecule has 5 heteroatoms. The standard InChI is InChI=1S/C13H10ClNO3/c14-11-6-8(13(15)17)4-5-12(11)18-10-3-1-2-9(16)7-10/h1-7,16H,(H2,15,17). The van der Waals surface area contributed by atoms with Crippen LogP contribution in [0.25, 0.3) is 0 Å². The molecule has 0 aliphatic heterocycles. The lowest BCUT2D eigenvalue weighted by atomic mass is 10.2. The Morgan fingerprint density at radius 2 is 2.00 bits per heavy atom. The van der Waals surface area contributed by atoms with Crippen molar-refractivity contribution in [3.63, 3.8) is 0 Å². The lowest BCUT2D eigenvalue weighted by Crippen LogP contribution is -2.10. The number of phenols is 1. The quantitative estimate of drug-likeness (QED) is 0.894. The van der Waals surface area contributed by atoms with Crippen molar-refractivity contribution in [3.8, 4) is 17.2 Å². The molecule has 0 saturated carbocycles. The van der Waals surface area contributed by atoms with Crippen molar-refractivity contribution < 1.29 is 14.6 Å². The summed E-state index contributed by atoms with van der Waals surface area (Å²) >= 11 is 5.97. The number of aromatic hydroxyl groups is 1. The maximum Gasteiger partial charge on any atom is 0.248 e. The van der Waals surface area contributed by atoms with Crippen LogP contribution in [0.15, 0.2) is 42.5 Å². The summed E-state index contributed by atoms with van der Waals surface area (Å²) < 4.78 is 5.48. The lowest BCUT2D eigenvalue weighted by Gasteiger charge is -2.08. The van der Waals surface area contributed by atoms with Crippen molar-refractivity contribution in [2.75, 3.05) is 0 Å². The number of hydrogen-bond donors (Lipinski definition) is 2. The zero-order valence-corrected chi connectivity index (χ0v) is 10.0. The first-order valence-corrected chi connectivity index (χ1v) is 5.50. The van der Waals surface area contributed by atoms with E-state index in [4.69, 9.17) is 22.1 Å². The molecule has 18 heavy (non-hydrogen) atoms. The molecule has 92 valence electrons. The largest absolute Gasteiger partial charge is 0.508 e. The summed E-state index contributed by atoms with van der Waals surface area (Å²) in [6.07, 6.45) is 0. The van der Waals surface area contributed by atoms with E-state index in [1.807, 2.05) is 0 Å². The molecule has 0 aliphatic carbocycles. The van der Waals surface area contributed by atoms with Gasteiger partial charge in [-0.15, -0.1) is 0 Å². The molecule has 2 rings (SSSR count). The van der Waals surface area contributed by atoms with Crippen LogP contribution in [-0.4, -0.2) is 11.0 Å². The Morgan fingerprint density at radius 3 is 2.61 bits per heavy atom. The number of carbonyl (C=O) groups is 1. The maximum absolute atomic E-state index is 11.0. The highest BCUT2D eigenvalue weighted by atomic mass is 35.5. The van der Waals surface area contributed by atoms with Gasteiger partial charge in [0.15, 0.2) is 0 Å². The second kappa shape index (κ2) is 4.98. The highest BCUT2D eigenvalue weighted by Gasteiger charge is 2.07. The van der Waals surface area contributed by atoms with Crippen LogP contribution in [0.3, 0.4) is 0 Å². The summed E-state index contributed by atoms with van der Waals surface area (Å²) in [5.74, 6) is 0.370. The van der Waals surface area contributed by atoms with Crippen LogP contribution >= 0.6 is 11.6 Å². The summed E-state index contributed by atoms with van der Waals surface area (Å²) in [5.41, 5.74) is 5.44. The molecule has 3 N–H and O–H groups in total. The predicted octanol–water partition coefficient (Wildman–Crippen LogP) is 2.94. The van der Waals surface area contributed by atoms with Crippen molar-refractivity contribution in [1.82, 2.24) is 0 Å². The fourth-order valence-corrected chi connectivity index (χ4v) is 1.63. The summed E-state index contributed by atoms with van der Waals surface area (Å²) in [7, 11) is 0. The Kier molecular flexibility index (Phi) is 3.39. The van der Waals surface area contributed by atoms with Crippen molar-refractivity contribution in [2.24, 2.45) is 5.73 Å². The maximum atomic E-state index is 11.0. The lowest BCUT2D eigenvalue weighted by molar-refractivity contribution is 0.100. The molecule has 4 nitrogen and oxygen atoms in total. The van der Waals surface area contributed by atoms with Crippen molar-refractivity contribution in [1.29, 1.82) is 0 Å². The fraction of sp³-hybridized carbons (Fsp3) is 0. The molecule has 0 bridgehead atoms. The van der Waals surface area contributed by atoms with Crippen LogP contribution in [0.4, 0.5) is 0 Å². The topological polar surface area (TPSA) is 72.6 Å². The van der Waals surface area contributed by atoms with Gasteiger partial charge in [0.1, 0.15) is 17.2 Å². The third kappa shape index (κ3) is 2.73. The zero-order valence-electron chi connectivity index (χ0n) is 9.26. The van der Waals surface area contributed by atoms with E-state index in [2.05, 4.69) is 0 Å². The molecule has 1 amide bonds. The van der Waals surface area contributed by atoms with E-state index in [0.29, 0.717) is 17.1 Å². The molecule has 2 aromatic carbocycles. The minimum atomic E-state index is -0.555. The summed E-state index contributed by atoms with van der Waals surface area (Å²) in [5, 5.41) is 9.58. The van der Waals surface area contributed by atoms with Gasteiger partial charge in [-0.05, 0) is 30.3 Å². The number of rotatable bonds is 3. The van der Waals surface area contributed by atoms with E-state index in [0.717, 1.165) is 0 Å². The minimum absolute atomic E-state index is 0.0948. The molecule has 0 aliphatic rings. The number of benzene rings is 2. The Hall–Kier alpha value is -2.20. The van der Waals surface area contributed by atoms with Gasteiger partial charge < -0.3 is 15.6 Å². The normalized spacial score (nSPS) is 10.1. The SMILES string of the molecule is NC(=O)c1ccc(Oc2cccc(O)c2)c(Cl)c1. The van der Waals surface area contributed by atoms with E-state index in [1.165, 1.54) is 24.3 Å². The molecule has 0 saturated heterocycles. The van der Waals surface area contributed by atoms with E-state index < -0.39 is 5.91 Å². The molecular weight excluding hydrogens is 254 g/mol. The monoisotopic (exact) mass is 263 g/mol. The molecule has 0 heterocycles. The Morgan fingerprint density at radius 1 is 1.22 bits per heavy atom. The van der Waals surface area contributed by atoms with Gasteiger partial charge in [-0.2, -0.15) is 0 Å². The average Bonchev–Trinajstić information content (AvgIpc) is 2.31. The number of primary amides is 1. The van der Waals surface area contributed by atoms with Crippen molar-refractivity contribution in [2.45, 2.75) is 0 Å². The first-order chi connectivity index (χ1) is 8.56. The van der Waals surface area contributed by atoms with Crippen LogP contribution in [0.2, 0.25) is 5.02 Å². The summed E-state index contributed by atoms with van der Waals surface area (Å²) in [6, 6.07) is 10.8. The number of phenolic OH excluding ortho intramolecular Hbond substituents is 1. The zero-order chi connectivity index (χ0) is 13.1. The van der Waals surface area contributed by atoms with E-state index in [9.17, 15) is 9.90 Å². The molecule has 0 radical (unpaired) electrons. The molecular formula is C13H10ClNO3. The average molecular weight is 264 g/mol. The highest BCUT2D eigenvalue weighted by molar-refractivity contribution is 6.32. The third-order valence-corrected chi connectivity index (χ3v) is 2.56. The van der Waals surface area contributed by atoms with Gasteiger partial charge in [0.2, 0.25) is 5.91 Å². The second-order valence-corrected chi connectivity index (χ2v) is 4.02. The molecule has 0 spiro atoms. The number of nitrogens with two attached hydrogens (primary N) is 1. The van der Waals surface area contributed by atoms with Crippen LogP contribution in [-0.2, 0) is 0 Å². The molecule has 2 aromatic rings. The van der Waals surface area contributed by atoms with E-state index in [1.54, 1.807) is 18.2 Å². The van der Waals surface area contributed by atoms with Gasteiger partial charge in [0, 0.05) is 11.6 Å². The van der Waals surface area contributed by atoms with Gasteiger partial charge in [0.05, 0.1) is 5.02 Å². The van der Waals surface area contributed by atoms with E-state index >= 15 is 0 Å². The summed E-state index contributed by atoms with van der Waals surface area (Å²) in [4.78, 5) is 11.0.